The lowest BCUT2D eigenvalue weighted by Crippen LogP contribution is -2.27. The maximum atomic E-state index is 13.5. The predicted octanol–water partition coefficient (Wildman–Crippen LogP) is 5.38. The van der Waals surface area contributed by atoms with Crippen LogP contribution in [-0.2, 0) is 0 Å². The number of nitrogens with two attached hydrogens (primary N) is 1. The molecular formula is C24H18N4O3S. The number of hydrogen-bond donors (Lipinski definition) is 1. The number of nitro benzene ring substituents is 1. The predicted molar refractivity (Wildman–Crippen MR) is 128 cm³/mol. The van der Waals surface area contributed by atoms with E-state index >= 15 is 0 Å². The molecule has 2 aromatic heterocycles. The first-order chi connectivity index (χ1) is 15.5. The molecule has 0 saturated heterocycles. The van der Waals surface area contributed by atoms with Crippen molar-refractivity contribution in [3.63, 3.8) is 0 Å². The van der Waals surface area contributed by atoms with Crippen molar-refractivity contribution in [1.82, 2.24) is 9.55 Å². The summed E-state index contributed by atoms with van der Waals surface area (Å²) in [6.07, 6.45) is 0. The molecule has 0 fully saturated rings. The third-order valence-corrected chi connectivity index (χ3v) is 6.68. The van der Waals surface area contributed by atoms with Crippen molar-refractivity contribution < 1.29 is 4.92 Å². The summed E-state index contributed by atoms with van der Waals surface area (Å²) in [6.45, 7) is 1.89. The summed E-state index contributed by atoms with van der Waals surface area (Å²) in [6, 6.07) is 21.2. The van der Waals surface area contributed by atoms with Crippen LogP contribution < -0.4 is 11.3 Å². The van der Waals surface area contributed by atoms with Gasteiger partial charge in [0.2, 0.25) is 0 Å². The minimum atomic E-state index is -0.502. The third kappa shape index (κ3) is 3.12. The van der Waals surface area contributed by atoms with E-state index in [1.54, 1.807) is 6.07 Å². The number of nitrogen functional groups attached to an aromatic ring is 1. The first-order valence-corrected chi connectivity index (χ1v) is 10.8. The molecule has 32 heavy (non-hydrogen) atoms. The number of para-hydroxylation sites is 1. The highest BCUT2D eigenvalue weighted by Crippen LogP contribution is 2.39. The van der Waals surface area contributed by atoms with Crippen molar-refractivity contribution in [3.8, 4) is 10.6 Å². The Morgan fingerprint density at radius 2 is 1.75 bits per heavy atom. The maximum absolute atomic E-state index is 13.5. The highest BCUT2D eigenvalue weighted by molar-refractivity contribution is 7.21. The van der Waals surface area contributed by atoms with Crippen molar-refractivity contribution in [3.05, 3.63) is 98.8 Å². The van der Waals surface area contributed by atoms with Crippen molar-refractivity contribution in [2.75, 3.05) is 5.73 Å². The minimum absolute atomic E-state index is 0.145. The zero-order valence-corrected chi connectivity index (χ0v) is 17.9. The van der Waals surface area contributed by atoms with E-state index in [0.29, 0.717) is 16.0 Å². The lowest BCUT2D eigenvalue weighted by atomic mass is 10.0. The molecule has 158 valence electrons. The Labute approximate surface area is 186 Å². The van der Waals surface area contributed by atoms with Crippen molar-refractivity contribution in [2.24, 2.45) is 0 Å². The fourth-order valence-electron chi connectivity index (χ4n) is 4.01. The second-order valence-electron chi connectivity index (χ2n) is 7.50. The van der Waals surface area contributed by atoms with E-state index in [-0.39, 0.29) is 28.5 Å². The Balaban J connectivity index is 1.88. The second-order valence-corrected chi connectivity index (χ2v) is 8.53. The van der Waals surface area contributed by atoms with Crippen LogP contribution in [0.2, 0.25) is 0 Å². The van der Waals surface area contributed by atoms with Gasteiger partial charge in [-0.3, -0.25) is 19.5 Å². The van der Waals surface area contributed by atoms with E-state index in [9.17, 15) is 14.9 Å². The average Bonchev–Trinajstić information content (AvgIpc) is 3.23. The van der Waals surface area contributed by atoms with Gasteiger partial charge >= 0.3 is 0 Å². The van der Waals surface area contributed by atoms with Gasteiger partial charge in [-0.15, -0.1) is 11.3 Å². The van der Waals surface area contributed by atoms with Crippen LogP contribution in [0.15, 0.2) is 77.6 Å². The summed E-state index contributed by atoms with van der Waals surface area (Å²) in [5.74, 6) is 0.284. The van der Waals surface area contributed by atoms with Crippen molar-refractivity contribution >= 4 is 43.8 Å². The van der Waals surface area contributed by atoms with Gasteiger partial charge in [0.1, 0.15) is 10.8 Å². The van der Waals surface area contributed by atoms with E-state index in [1.165, 1.54) is 28.0 Å². The first-order valence-electron chi connectivity index (χ1n) is 9.98. The van der Waals surface area contributed by atoms with Crippen LogP contribution in [0.1, 0.15) is 18.5 Å². The third-order valence-electron chi connectivity index (χ3n) is 5.63. The standard InChI is InChI=1S/C24H18N4O3S/c1-14(15-7-3-2-4-8-15)27-22(25)21(23-26-19-9-5-6-10-20(19)32-23)17-12-11-16(28(30)31)13-18(17)24(27)29/h2-14H,25H2,1H3/t14-/m1/s1. The van der Waals surface area contributed by atoms with E-state index < -0.39 is 4.92 Å². The summed E-state index contributed by atoms with van der Waals surface area (Å²) < 4.78 is 2.49. The number of fused-ring (bicyclic) bond motifs is 2. The fourth-order valence-corrected chi connectivity index (χ4v) is 5.04. The van der Waals surface area contributed by atoms with Crippen LogP contribution >= 0.6 is 11.3 Å². The molecule has 0 radical (unpaired) electrons. The van der Waals surface area contributed by atoms with Crippen LogP contribution in [0.4, 0.5) is 11.5 Å². The van der Waals surface area contributed by atoms with Crippen LogP contribution in [0, 0.1) is 10.1 Å². The Hall–Kier alpha value is -4.04. The molecule has 2 heterocycles. The SMILES string of the molecule is C[C@H](c1ccccc1)n1c(N)c(-c2nc3ccccc3s2)c2ccc([N+](=O)[O-])cc2c1=O. The molecule has 0 unspecified atom stereocenters. The maximum Gasteiger partial charge on any atom is 0.270 e. The first kappa shape index (κ1) is 19.9. The van der Waals surface area contributed by atoms with Gasteiger partial charge in [0, 0.05) is 17.5 Å². The molecule has 0 amide bonds. The van der Waals surface area contributed by atoms with E-state index in [2.05, 4.69) is 0 Å². The number of non-ortho nitro benzene ring substituents is 1. The molecule has 2 N–H and O–H groups in total. The lowest BCUT2D eigenvalue weighted by Gasteiger charge is -2.21. The summed E-state index contributed by atoms with van der Waals surface area (Å²) in [5, 5.41) is 12.9. The molecule has 0 aliphatic heterocycles. The lowest BCUT2D eigenvalue weighted by molar-refractivity contribution is -0.384. The summed E-state index contributed by atoms with van der Waals surface area (Å²) in [7, 11) is 0. The topological polar surface area (TPSA) is 104 Å². The summed E-state index contributed by atoms with van der Waals surface area (Å²) in [4.78, 5) is 29.2. The Kier molecular flexibility index (Phi) is 4.71. The molecule has 7 nitrogen and oxygen atoms in total. The van der Waals surface area contributed by atoms with Crippen LogP contribution in [0.3, 0.4) is 0 Å². The van der Waals surface area contributed by atoms with Gasteiger partial charge in [0.05, 0.1) is 32.1 Å². The van der Waals surface area contributed by atoms with Crippen LogP contribution in [0.5, 0.6) is 0 Å². The normalized spacial score (nSPS) is 12.3. The number of benzene rings is 3. The number of rotatable bonds is 4. The molecule has 0 spiro atoms. The van der Waals surface area contributed by atoms with Gasteiger partial charge in [-0.25, -0.2) is 4.98 Å². The van der Waals surface area contributed by atoms with E-state index in [1.807, 2.05) is 61.5 Å². The summed E-state index contributed by atoms with van der Waals surface area (Å²) >= 11 is 1.47. The molecule has 0 bridgehead atoms. The number of hydrogen-bond acceptors (Lipinski definition) is 6. The fraction of sp³-hybridized carbons (Fsp3) is 0.0833. The second kappa shape index (κ2) is 7.58. The zero-order chi connectivity index (χ0) is 22.4. The molecule has 5 rings (SSSR count). The summed E-state index contributed by atoms with van der Waals surface area (Å²) in [5.41, 5.74) is 8.46. The van der Waals surface area contributed by atoms with Gasteiger partial charge in [0.15, 0.2) is 0 Å². The number of aromatic nitrogens is 2. The molecular weight excluding hydrogens is 424 g/mol. The number of nitrogens with zero attached hydrogens (tertiary/aromatic N) is 3. The molecule has 0 saturated carbocycles. The molecule has 5 aromatic rings. The monoisotopic (exact) mass is 442 g/mol. The van der Waals surface area contributed by atoms with Crippen LogP contribution in [0.25, 0.3) is 31.6 Å². The Bertz CT molecular complexity index is 1520. The highest BCUT2D eigenvalue weighted by atomic mass is 32.1. The molecule has 1 atom stereocenters. The molecule has 0 aliphatic carbocycles. The van der Waals surface area contributed by atoms with E-state index in [0.717, 1.165) is 15.8 Å². The van der Waals surface area contributed by atoms with Crippen molar-refractivity contribution in [1.29, 1.82) is 0 Å². The van der Waals surface area contributed by atoms with Gasteiger partial charge < -0.3 is 5.73 Å². The smallest absolute Gasteiger partial charge is 0.270 e. The van der Waals surface area contributed by atoms with Gasteiger partial charge in [-0.05, 0) is 30.7 Å². The van der Waals surface area contributed by atoms with E-state index in [4.69, 9.17) is 10.7 Å². The van der Waals surface area contributed by atoms with Gasteiger partial charge in [-0.1, -0.05) is 42.5 Å². The zero-order valence-electron chi connectivity index (χ0n) is 17.1. The highest BCUT2D eigenvalue weighted by Gasteiger charge is 2.23. The van der Waals surface area contributed by atoms with Crippen LogP contribution in [-0.4, -0.2) is 14.5 Å². The molecule has 0 aliphatic rings. The number of nitro groups is 1. The number of thiazole rings is 1. The number of anilines is 1. The average molecular weight is 443 g/mol. The Morgan fingerprint density at radius 1 is 1.03 bits per heavy atom. The van der Waals surface area contributed by atoms with Gasteiger partial charge in [0.25, 0.3) is 11.2 Å². The minimum Gasteiger partial charge on any atom is -0.384 e. The number of pyridine rings is 1. The molecule has 8 heteroatoms. The van der Waals surface area contributed by atoms with Gasteiger partial charge in [-0.2, -0.15) is 0 Å². The largest absolute Gasteiger partial charge is 0.384 e. The Morgan fingerprint density at radius 3 is 2.47 bits per heavy atom. The van der Waals surface area contributed by atoms with Crippen molar-refractivity contribution in [2.45, 2.75) is 13.0 Å². The molecule has 3 aromatic carbocycles. The quantitative estimate of drug-likeness (QED) is 0.297.